The summed E-state index contributed by atoms with van der Waals surface area (Å²) in [4.78, 5) is 12.0. The van der Waals surface area contributed by atoms with Crippen LogP contribution in [0, 0.1) is 6.92 Å². The Bertz CT molecular complexity index is 756. The van der Waals surface area contributed by atoms with Crippen LogP contribution in [0.3, 0.4) is 0 Å². The Morgan fingerprint density at radius 3 is 2.56 bits per heavy atom. The molecule has 0 aliphatic heterocycles. The Balaban J connectivity index is 2.18. The van der Waals surface area contributed by atoms with Crippen molar-refractivity contribution in [2.45, 2.75) is 38.2 Å². The van der Waals surface area contributed by atoms with E-state index in [1.54, 1.807) is 6.92 Å². The van der Waals surface area contributed by atoms with Crippen LogP contribution >= 0.6 is 11.8 Å². The summed E-state index contributed by atoms with van der Waals surface area (Å²) in [6.45, 7) is 2.51. The van der Waals surface area contributed by atoms with E-state index in [0.29, 0.717) is 5.75 Å². The van der Waals surface area contributed by atoms with Crippen LogP contribution in [0.4, 0.5) is 22.0 Å². The number of hydrogen-bond acceptors (Lipinski definition) is 5. The van der Waals surface area contributed by atoms with Crippen molar-refractivity contribution < 1.29 is 26.7 Å². The molecule has 0 spiro atoms. The highest BCUT2D eigenvalue weighted by molar-refractivity contribution is 7.99. The fourth-order valence-electron chi connectivity index (χ4n) is 1.86. The number of hydrogen-bond donors (Lipinski definition) is 1. The minimum absolute atomic E-state index is 0.0410. The van der Waals surface area contributed by atoms with Crippen molar-refractivity contribution in [1.29, 1.82) is 0 Å². The highest BCUT2D eigenvalue weighted by Crippen LogP contribution is 2.28. The first kappa shape index (κ1) is 19.1. The molecular weight excluding hydrogens is 371 g/mol. The minimum atomic E-state index is -4.64. The first-order valence-electron chi connectivity index (χ1n) is 6.91. The van der Waals surface area contributed by atoms with Gasteiger partial charge in [-0.05, 0) is 18.7 Å². The van der Waals surface area contributed by atoms with Crippen molar-refractivity contribution in [3.05, 3.63) is 23.3 Å². The van der Waals surface area contributed by atoms with Crippen LogP contribution in [0.25, 0.3) is 0 Å². The summed E-state index contributed by atoms with van der Waals surface area (Å²) in [5, 5.41) is 10.2. The number of amides is 1. The zero-order chi connectivity index (χ0) is 18.8. The van der Waals surface area contributed by atoms with E-state index < -0.39 is 36.6 Å². The molecule has 2 rings (SSSR count). The van der Waals surface area contributed by atoms with Crippen LogP contribution in [0.15, 0.2) is 11.2 Å². The average molecular weight is 384 g/mol. The molecule has 0 aliphatic carbocycles. The molecule has 0 saturated heterocycles. The molecular formula is C12H13F5N6OS. The van der Waals surface area contributed by atoms with Crippen molar-refractivity contribution in [1.82, 2.24) is 24.7 Å². The highest BCUT2D eigenvalue weighted by Gasteiger charge is 2.34. The van der Waals surface area contributed by atoms with E-state index in [4.69, 9.17) is 0 Å². The predicted octanol–water partition coefficient (Wildman–Crippen LogP) is 2.62. The van der Waals surface area contributed by atoms with Gasteiger partial charge in [-0.2, -0.15) is 18.3 Å². The van der Waals surface area contributed by atoms with Gasteiger partial charge in [0.05, 0.1) is 0 Å². The standard InChI is InChI=1S/C12H13F5N6OS/c1-3-25-11-19-18-10(9(13)14)23(11)21-8(24)5-22-6(2)4-7(20-22)12(15,16)17/h4,9H,3,5H2,1-2H3,(H,21,24). The van der Waals surface area contributed by atoms with Crippen molar-refractivity contribution in [3.8, 4) is 0 Å². The quantitative estimate of drug-likeness (QED) is 0.612. The summed E-state index contributed by atoms with van der Waals surface area (Å²) in [5.74, 6) is -1.12. The lowest BCUT2D eigenvalue weighted by atomic mass is 10.3. The SMILES string of the molecule is CCSc1nnc(C(F)F)n1NC(=O)Cn1nc(C(F)(F)F)cc1C. The molecule has 1 amide bonds. The van der Waals surface area contributed by atoms with Crippen molar-refractivity contribution >= 4 is 17.7 Å². The summed E-state index contributed by atoms with van der Waals surface area (Å²) in [6.07, 6.45) is -7.63. The van der Waals surface area contributed by atoms with Gasteiger partial charge in [0, 0.05) is 5.69 Å². The van der Waals surface area contributed by atoms with Crippen LogP contribution < -0.4 is 5.43 Å². The predicted molar refractivity (Wildman–Crippen MR) is 77.7 cm³/mol. The maximum Gasteiger partial charge on any atom is 0.435 e. The van der Waals surface area contributed by atoms with Gasteiger partial charge in [-0.15, -0.1) is 10.2 Å². The monoisotopic (exact) mass is 384 g/mol. The molecule has 0 atom stereocenters. The lowest BCUT2D eigenvalue weighted by molar-refractivity contribution is -0.141. The summed E-state index contributed by atoms with van der Waals surface area (Å²) in [5.41, 5.74) is 1.12. The molecule has 0 saturated carbocycles. The van der Waals surface area contributed by atoms with Crippen LogP contribution in [-0.4, -0.2) is 36.3 Å². The van der Waals surface area contributed by atoms with E-state index in [-0.39, 0.29) is 10.9 Å². The zero-order valence-corrected chi connectivity index (χ0v) is 13.8. The number of halogens is 5. The van der Waals surface area contributed by atoms with Crippen LogP contribution in [0.5, 0.6) is 0 Å². The molecule has 138 valence electrons. The Hall–Kier alpha value is -2.18. The molecule has 2 aromatic rings. The molecule has 0 bridgehead atoms. The number of carbonyl (C=O) groups is 1. The number of aromatic nitrogens is 5. The Morgan fingerprint density at radius 1 is 1.36 bits per heavy atom. The van der Waals surface area contributed by atoms with Gasteiger partial charge < -0.3 is 0 Å². The lowest BCUT2D eigenvalue weighted by Crippen LogP contribution is -2.29. The second kappa shape index (κ2) is 7.37. The fraction of sp³-hybridized carbons (Fsp3) is 0.500. The molecule has 25 heavy (non-hydrogen) atoms. The fourth-order valence-corrected chi connectivity index (χ4v) is 2.48. The normalized spacial score (nSPS) is 12.0. The third-order valence-electron chi connectivity index (χ3n) is 2.93. The van der Waals surface area contributed by atoms with Gasteiger partial charge in [-0.1, -0.05) is 18.7 Å². The smallest absolute Gasteiger partial charge is 0.271 e. The molecule has 0 unspecified atom stereocenters. The Kier molecular flexibility index (Phi) is 5.65. The first-order chi connectivity index (χ1) is 11.6. The Labute approximate surface area is 142 Å². The van der Waals surface area contributed by atoms with E-state index in [9.17, 15) is 26.7 Å². The second-order valence-electron chi connectivity index (χ2n) is 4.77. The minimum Gasteiger partial charge on any atom is -0.271 e. The largest absolute Gasteiger partial charge is 0.435 e. The summed E-state index contributed by atoms with van der Waals surface area (Å²) in [7, 11) is 0. The van der Waals surface area contributed by atoms with E-state index >= 15 is 0 Å². The summed E-state index contributed by atoms with van der Waals surface area (Å²) < 4.78 is 65.3. The molecule has 1 N–H and O–H groups in total. The van der Waals surface area contributed by atoms with Crippen molar-refractivity contribution in [2.24, 2.45) is 0 Å². The number of aryl methyl sites for hydroxylation is 1. The van der Waals surface area contributed by atoms with Crippen LogP contribution in [0.2, 0.25) is 0 Å². The summed E-state index contributed by atoms with van der Waals surface area (Å²) >= 11 is 1.07. The van der Waals surface area contributed by atoms with Crippen LogP contribution in [-0.2, 0) is 17.5 Å². The van der Waals surface area contributed by atoms with Gasteiger partial charge >= 0.3 is 6.18 Å². The third-order valence-corrected chi connectivity index (χ3v) is 3.74. The topological polar surface area (TPSA) is 77.6 Å². The van der Waals surface area contributed by atoms with E-state index in [0.717, 1.165) is 27.2 Å². The molecule has 2 heterocycles. The van der Waals surface area contributed by atoms with Gasteiger partial charge in [0.2, 0.25) is 11.0 Å². The molecule has 0 aromatic carbocycles. The van der Waals surface area contributed by atoms with E-state index in [1.807, 2.05) is 0 Å². The third kappa shape index (κ3) is 4.46. The molecule has 0 fully saturated rings. The van der Waals surface area contributed by atoms with Gasteiger partial charge in [-0.25, -0.2) is 13.5 Å². The van der Waals surface area contributed by atoms with Gasteiger partial charge in [0.15, 0.2) is 5.69 Å². The average Bonchev–Trinajstić information content (AvgIpc) is 3.04. The lowest BCUT2D eigenvalue weighted by Gasteiger charge is -2.11. The first-order valence-corrected chi connectivity index (χ1v) is 7.89. The molecule has 0 radical (unpaired) electrons. The Morgan fingerprint density at radius 2 is 2.04 bits per heavy atom. The second-order valence-corrected chi connectivity index (χ2v) is 6.00. The van der Waals surface area contributed by atoms with Gasteiger partial charge in [-0.3, -0.25) is 14.9 Å². The number of thioether (sulfide) groups is 1. The molecule has 7 nitrogen and oxygen atoms in total. The van der Waals surface area contributed by atoms with Crippen molar-refractivity contribution in [2.75, 3.05) is 11.2 Å². The number of nitrogens with one attached hydrogen (secondary N) is 1. The maximum atomic E-state index is 12.9. The number of rotatable bonds is 6. The molecule has 13 heteroatoms. The summed E-state index contributed by atoms with van der Waals surface area (Å²) in [6, 6.07) is 0.787. The number of nitrogens with zero attached hydrogens (tertiary/aromatic N) is 5. The van der Waals surface area contributed by atoms with Gasteiger partial charge in [0.1, 0.15) is 6.54 Å². The number of carbonyl (C=O) groups excluding carboxylic acids is 1. The zero-order valence-electron chi connectivity index (χ0n) is 13.0. The molecule has 2 aromatic heterocycles. The highest BCUT2D eigenvalue weighted by atomic mass is 32.2. The van der Waals surface area contributed by atoms with Gasteiger partial charge in [0.25, 0.3) is 12.3 Å². The maximum absolute atomic E-state index is 12.9. The van der Waals surface area contributed by atoms with Crippen LogP contribution in [0.1, 0.15) is 30.6 Å². The van der Waals surface area contributed by atoms with E-state index in [2.05, 4.69) is 20.7 Å². The number of alkyl halides is 5. The van der Waals surface area contributed by atoms with E-state index in [1.165, 1.54) is 6.92 Å². The molecule has 0 aliphatic rings. The van der Waals surface area contributed by atoms with Crippen molar-refractivity contribution in [3.63, 3.8) is 0 Å².